The average Bonchev–Trinajstić information content (AvgIpc) is 3.42. The number of aryl methyl sites for hydroxylation is 1. The summed E-state index contributed by atoms with van der Waals surface area (Å²) < 4.78 is 49.0. The van der Waals surface area contributed by atoms with Crippen LogP contribution in [0.25, 0.3) is 28.2 Å². The molecule has 1 fully saturated rings. The van der Waals surface area contributed by atoms with Gasteiger partial charge in [-0.1, -0.05) is 26.3 Å². The van der Waals surface area contributed by atoms with Crippen LogP contribution in [0, 0.1) is 0 Å². The molecule has 242 valence electrons. The SMILES string of the molecule is CCCc1c2nc(-c3cc(S(=O)(=O)N4CCN(CC)CC4)cnc3OC(COC)COC)n(C)c(=O)c2nn1-c1ccccn1. The zero-order valence-electron chi connectivity index (χ0n) is 26.3. The molecule has 1 saturated heterocycles. The normalized spacial score (nSPS) is 14.9. The van der Waals surface area contributed by atoms with Gasteiger partial charge in [0.1, 0.15) is 22.3 Å². The first kappa shape index (κ1) is 32.6. The Morgan fingerprint density at radius 3 is 2.36 bits per heavy atom. The Hall–Kier alpha value is -3.76. The fourth-order valence-corrected chi connectivity index (χ4v) is 6.82. The molecule has 1 aliphatic heterocycles. The molecule has 0 N–H and O–H groups in total. The van der Waals surface area contributed by atoms with E-state index in [1.807, 2.05) is 19.1 Å². The van der Waals surface area contributed by atoms with Gasteiger partial charge < -0.3 is 19.1 Å². The number of methoxy groups -OCH3 is 2. The first-order valence-corrected chi connectivity index (χ1v) is 16.4. The van der Waals surface area contributed by atoms with Gasteiger partial charge in [0, 0.05) is 53.6 Å². The largest absolute Gasteiger partial charge is 0.469 e. The minimum Gasteiger partial charge on any atom is -0.469 e. The molecule has 0 saturated carbocycles. The van der Waals surface area contributed by atoms with Crippen molar-refractivity contribution < 1.29 is 22.6 Å². The zero-order valence-corrected chi connectivity index (χ0v) is 27.2. The maximum absolute atomic E-state index is 13.8. The summed E-state index contributed by atoms with van der Waals surface area (Å²) in [5.41, 5.74) is 1.15. The van der Waals surface area contributed by atoms with Gasteiger partial charge in [-0.05, 0) is 31.2 Å². The van der Waals surface area contributed by atoms with Crippen LogP contribution in [0.1, 0.15) is 26.0 Å². The number of rotatable bonds is 13. The fourth-order valence-electron chi connectivity index (χ4n) is 5.42. The number of aromatic nitrogens is 6. The molecule has 0 spiro atoms. The summed E-state index contributed by atoms with van der Waals surface area (Å²) in [6.45, 7) is 7.33. The summed E-state index contributed by atoms with van der Waals surface area (Å²) in [5, 5.41) is 4.62. The first-order valence-electron chi connectivity index (χ1n) is 15.0. The summed E-state index contributed by atoms with van der Waals surface area (Å²) in [7, 11) is 0.752. The molecule has 0 aliphatic carbocycles. The highest BCUT2D eigenvalue weighted by Gasteiger charge is 2.31. The number of fused-ring (bicyclic) bond motifs is 1. The molecule has 5 heterocycles. The lowest BCUT2D eigenvalue weighted by atomic mass is 10.2. The van der Waals surface area contributed by atoms with E-state index < -0.39 is 21.7 Å². The van der Waals surface area contributed by atoms with Crippen molar-refractivity contribution >= 4 is 21.1 Å². The van der Waals surface area contributed by atoms with Crippen LogP contribution < -0.4 is 10.3 Å². The Morgan fingerprint density at radius 2 is 1.73 bits per heavy atom. The number of piperazine rings is 1. The number of sulfonamides is 1. The molecule has 15 heteroatoms. The molecular weight excluding hydrogens is 600 g/mol. The maximum atomic E-state index is 13.8. The van der Waals surface area contributed by atoms with Gasteiger partial charge in [0.25, 0.3) is 5.56 Å². The second-order valence-electron chi connectivity index (χ2n) is 10.8. The van der Waals surface area contributed by atoms with Crippen molar-refractivity contribution in [2.75, 3.05) is 60.2 Å². The van der Waals surface area contributed by atoms with Crippen LogP contribution in [0.4, 0.5) is 0 Å². The summed E-state index contributed by atoms with van der Waals surface area (Å²) in [6.07, 6.45) is 3.74. The van der Waals surface area contributed by atoms with Gasteiger partial charge in [-0.3, -0.25) is 9.36 Å². The van der Waals surface area contributed by atoms with Crippen LogP contribution in [-0.4, -0.2) is 113 Å². The number of nitrogens with zero attached hydrogens (tertiary/aromatic N) is 8. The molecule has 0 atom stereocenters. The van der Waals surface area contributed by atoms with Crippen LogP contribution in [0.15, 0.2) is 46.3 Å². The Kier molecular flexibility index (Phi) is 10.2. The third-order valence-electron chi connectivity index (χ3n) is 7.82. The predicted octanol–water partition coefficient (Wildman–Crippen LogP) is 1.90. The molecule has 0 amide bonds. The quantitative estimate of drug-likeness (QED) is 0.211. The minimum absolute atomic E-state index is 0.0165. The van der Waals surface area contributed by atoms with Crippen molar-refractivity contribution in [3.05, 3.63) is 52.7 Å². The molecule has 14 nitrogen and oxygen atoms in total. The highest BCUT2D eigenvalue weighted by atomic mass is 32.2. The van der Waals surface area contributed by atoms with Gasteiger partial charge in [-0.15, -0.1) is 0 Å². The van der Waals surface area contributed by atoms with E-state index in [2.05, 4.69) is 26.9 Å². The van der Waals surface area contributed by atoms with Crippen LogP contribution in [0.5, 0.6) is 5.88 Å². The van der Waals surface area contributed by atoms with Crippen LogP contribution in [0.3, 0.4) is 0 Å². The van der Waals surface area contributed by atoms with Crippen molar-refractivity contribution in [2.24, 2.45) is 7.05 Å². The number of hydrogen-bond donors (Lipinski definition) is 0. The number of pyridine rings is 2. The lowest BCUT2D eigenvalue weighted by Gasteiger charge is -2.33. The van der Waals surface area contributed by atoms with E-state index >= 15 is 0 Å². The second kappa shape index (κ2) is 14.1. The van der Waals surface area contributed by atoms with Gasteiger partial charge in [-0.25, -0.2) is 28.1 Å². The average molecular weight is 641 g/mol. The van der Waals surface area contributed by atoms with Crippen molar-refractivity contribution in [2.45, 2.75) is 37.7 Å². The second-order valence-corrected chi connectivity index (χ2v) is 12.7. The zero-order chi connectivity index (χ0) is 32.1. The van der Waals surface area contributed by atoms with Crippen molar-refractivity contribution in [3.63, 3.8) is 0 Å². The lowest BCUT2D eigenvalue weighted by molar-refractivity contribution is 0.0224. The summed E-state index contributed by atoms with van der Waals surface area (Å²) in [6, 6.07) is 6.95. The summed E-state index contributed by atoms with van der Waals surface area (Å²) >= 11 is 0. The molecule has 0 aromatic carbocycles. The van der Waals surface area contributed by atoms with E-state index in [0.29, 0.717) is 43.9 Å². The highest BCUT2D eigenvalue weighted by Crippen LogP contribution is 2.32. The minimum atomic E-state index is -3.90. The summed E-state index contributed by atoms with van der Waals surface area (Å²) in [4.78, 5) is 29.9. The maximum Gasteiger partial charge on any atom is 0.281 e. The van der Waals surface area contributed by atoms with E-state index in [4.69, 9.17) is 19.2 Å². The molecule has 5 rings (SSSR count). The number of ether oxygens (including phenoxy) is 3. The summed E-state index contributed by atoms with van der Waals surface area (Å²) in [5.74, 6) is 0.848. The van der Waals surface area contributed by atoms with E-state index in [1.165, 1.54) is 21.1 Å². The molecule has 4 aromatic heterocycles. The van der Waals surface area contributed by atoms with Gasteiger partial charge >= 0.3 is 0 Å². The smallest absolute Gasteiger partial charge is 0.281 e. The van der Waals surface area contributed by atoms with Crippen LogP contribution in [0.2, 0.25) is 0 Å². The van der Waals surface area contributed by atoms with Gasteiger partial charge in [0.2, 0.25) is 15.9 Å². The first-order chi connectivity index (χ1) is 21.7. The van der Waals surface area contributed by atoms with E-state index in [0.717, 1.165) is 18.7 Å². The number of hydrogen-bond acceptors (Lipinski definition) is 11. The van der Waals surface area contributed by atoms with E-state index in [9.17, 15) is 13.2 Å². The van der Waals surface area contributed by atoms with Crippen LogP contribution >= 0.6 is 0 Å². The Balaban J connectivity index is 1.70. The van der Waals surface area contributed by atoms with Crippen molar-refractivity contribution in [3.8, 4) is 23.1 Å². The highest BCUT2D eigenvalue weighted by molar-refractivity contribution is 7.89. The molecule has 1 aliphatic rings. The van der Waals surface area contributed by atoms with E-state index in [-0.39, 0.29) is 40.9 Å². The Labute approximate surface area is 262 Å². The Bertz CT molecular complexity index is 1780. The van der Waals surface area contributed by atoms with Crippen molar-refractivity contribution in [1.82, 2.24) is 38.5 Å². The standard InChI is InChI=1S/C30H40N8O6S/c1-6-10-24-26-27(34-38(24)25-11-8-9-12-31-25)30(39)35(3)28(33-26)23-17-22(18-32-29(23)44-21(19-42-4)20-43-5)45(40,41)37-15-13-36(7-2)14-16-37/h8-9,11-12,17-18,21H,6-7,10,13-16,19-20H2,1-5H3. The van der Waals surface area contributed by atoms with Gasteiger partial charge in [0.15, 0.2) is 11.3 Å². The topological polar surface area (TPSA) is 147 Å². The van der Waals surface area contributed by atoms with Crippen LogP contribution in [-0.2, 0) is 33.0 Å². The van der Waals surface area contributed by atoms with Gasteiger partial charge in [-0.2, -0.15) is 9.40 Å². The molecule has 0 unspecified atom stereocenters. The molecule has 0 bridgehead atoms. The van der Waals surface area contributed by atoms with E-state index in [1.54, 1.807) is 38.2 Å². The molecule has 0 radical (unpaired) electrons. The van der Waals surface area contributed by atoms with Gasteiger partial charge in [0.05, 0.1) is 30.7 Å². The Morgan fingerprint density at radius 1 is 1.00 bits per heavy atom. The fraction of sp³-hybridized carbons (Fsp3) is 0.500. The molecular formula is C30H40N8O6S. The molecule has 4 aromatic rings. The monoisotopic (exact) mass is 640 g/mol. The van der Waals surface area contributed by atoms with Crippen molar-refractivity contribution in [1.29, 1.82) is 0 Å². The third kappa shape index (κ3) is 6.63. The number of likely N-dealkylation sites (N-methyl/N-ethyl adjacent to an activating group) is 1. The lowest BCUT2D eigenvalue weighted by Crippen LogP contribution is -2.48. The predicted molar refractivity (Wildman–Crippen MR) is 168 cm³/mol. The third-order valence-corrected chi connectivity index (χ3v) is 9.68. The molecule has 45 heavy (non-hydrogen) atoms.